The molecule has 1 saturated heterocycles. The van der Waals surface area contributed by atoms with Crippen LogP contribution in [-0.2, 0) is 4.74 Å². The quantitative estimate of drug-likeness (QED) is 0.557. The second kappa shape index (κ2) is 3.27. The molecule has 0 amide bonds. The van der Waals surface area contributed by atoms with E-state index < -0.39 is 0 Å². The van der Waals surface area contributed by atoms with Gasteiger partial charge in [-0.15, -0.1) is 0 Å². The lowest BCUT2D eigenvalue weighted by atomic mass is 9.81. The molecule has 0 bridgehead atoms. The summed E-state index contributed by atoms with van der Waals surface area (Å²) in [7, 11) is 0. The predicted molar refractivity (Wildman–Crippen MR) is 52.5 cm³/mol. The van der Waals surface area contributed by atoms with Gasteiger partial charge in [-0.1, -0.05) is 19.3 Å². The summed E-state index contributed by atoms with van der Waals surface area (Å²) in [6, 6.07) is 0. The van der Waals surface area contributed by atoms with Gasteiger partial charge in [-0.25, -0.2) is 0 Å². The van der Waals surface area contributed by atoms with Gasteiger partial charge in [0.05, 0.1) is 6.10 Å². The van der Waals surface area contributed by atoms with Crippen molar-refractivity contribution in [3.63, 3.8) is 0 Å². The van der Waals surface area contributed by atoms with Crippen LogP contribution in [0.1, 0.15) is 44.9 Å². The van der Waals surface area contributed by atoms with Crippen LogP contribution in [0.5, 0.6) is 0 Å². The Kier molecular flexibility index (Phi) is 2.08. The summed E-state index contributed by atoms with van der Waals surface area (Å²) in [6.45, 7) is 1.05. The highest BCUT2D eigenvalue weighted by atomic mass is 16.5. The Morgan fingerprint density at radius 3 is 2.69 bits per heavy atom. The molecule has 3 rings (SSSR count). The summed E-state index contributed by atoms with van der Waals surface area (Å²) in [4.78, 5) is 0. The summed E-state index contributed by atoms with van der Waals surface area (Å²) in [5.41, 5.74) is 0. The fourth-order valence-electron chi connectivity index (χ4n) is 3.94. The molecule has 1 heteroatoms. The zero-order valence-electron chi connectivity index (χ0n) is 8.37. The first-order valence-electron chi connectivity index (χ1n) is 6.07. The van der Waals surface area contributed by atoms with Crippen molar-refractivity contribution in [2.45, 2.75) is 51.0 Å². The first-order valence-corrected chi connectivity index (χ1v) is 6.07. The number of hydrogen-bond acceptors (Lipinski definition) is 1. The van der Waals surface area contributed by atoms with E-state index in [1.165, 1.54) is 44.9 Å². The van der Waals surface area contributed by atoms with Crippen molar-refractivity contribution < 1.29 is 4.74 Å². The predicted octanol–water partition coefficient (Wildman–Crippen LogP) is 2.99. The molecule has 0 aromatic carbocycles. The van der Waals surface area contributed by atoms with Crippen LogP contribution in [0.3, 0.4) is 0 Å². The lowest BCUT2D eigenvalue weighted by molar-refractivity contribution is -0.0416. The van der Waals surface area contributed by atoms with E-state index in [1.54, 1.807) is 0 Å². The molecule has 0 radical (unpaired) electrons. The van der Waals surface area contributed by atoms with E-state index in [1.807, 2.05) is 0 Å². The zero-order chi connectivity index (χ0) is 8.67. The molecule has 3 fully saturated rings. The maximum absolute atomic E-state index is 5.97. The Balaban J connectivity index is 1.76. The van der Waals surface area contributed by atoms with Gasteiger partial charge in [-0.05, 0) is 43.4 Å². The molecule has 4 unspecified atom stereocenters. The smallest absolute Gasteiger partial charge is 0.0634 e. The van der Waals surface area contributed by atoms with E-state index in [-0.39, 0.29) is 0 Å². The Morgan fingerprint density at radius 2 is 1.69 bits per heavy atom. The van der Waals surface area contributed by atoms with Crippen LogP contribution >= 0.6 is 0 Å². The molecule has 1 aliphatic heterocycles. The Morgan fingerprint density at radius 1 is 0.846 bits per heavy atom. The van der Waals surface area contributed by atoms with Gasteiger partial charge >= 0.3 is 0 Å². The molecular weight excluding hydrogens is 160 g/mol. The summed E-state index contributed by atoms with van der Waals surface area (Å²) < 4.78 is 5.97. The topological polar surface area (TPSA) is 9.23 Å². The van der Waals surface area contributed by atoms with E-state index >= 15 is 0 Å². The highest BCUT2D eigenvalue weighted by Gasteiger charge is 2.45. The van der Waals surface area contributed by atoms with Crippen LogP contribution in [0.4, 0.5) is 0 Å². The summed E-state index contributed by atoms with van der Waals surface area (Å²) in [5, 5.41) is 0. The molecule has 3 aliphatic rings. The highest BCUT2D eigenvalue weighted by molar-refractivity contribution is 4.95. The first-order chi connectivity index (χ1) is 6.45. The average molecular weight is 180 g/mol. The minimum absolute atomic E-state index is 0.680. The van der Waals surface area contributed by atoms with Crippen LogP contribution in [0.15, 0.2) is 0 Å². The molecule has 0 spiro atoms. The molecule has 1 heterocycles. The lowest BCUT2D eigenvalue weighted by Crippen LogP contribution is -2.31. The second-order valence-electron chi connectivity index (χ2n) is 5.18. The molecular formula is C12H20O. The normalized spacial score (nSPS) is 49.8. The summed E-state index contributed by atoms with van der Waals surface area (Å²) in [5.74, 6) is 2.95. The molecule has 13 heavy (non-hydrogen) atoms. The van der Waals surface area contributed by atoms with E-state index in [0.29, 0.717) is 6.10 Å². The van der Waals surface area contributed by atoms with Crippen molar-refractivity contribution in [3.05, 3.63) is 0 Å². The third-order valence-electron chi connectivity index (χ3n) is 4.49. The van der Waals surface area contributed by atoms with Gasteiger partial charge in [0, 0.05) is 6.61 Å². The van der Waals surface area contributed by atoms with Gasteiger partial charge in [-0.2, -0.15) is 0 Å². The van der Waals surface area contributed by atoms with Crippen molar-refractivity contribution >= 4 is 0 Å². The SMILES string of the molecule is C1CCC2C(C1)CC1CCCOC12. The minimum atomic E-state index is 0.680. The largest absolute Gasteiger partial charge is 0.378 e. The molecule has 2 aliphatic carbocycles. The van der Waals surface area contributed by atoms with Crippen LogP contribution in [0.2, 0.25) is 0 Å². The van der Waals surface area contributed by atoms with Crippen LogP contribution < -0.4 is 0 Å². The summed E-state index contributed by atoms with van der Waals surface area (Å²) in [6.07, 6.45) is 10.9. The van der Waals surface area contributed by atoms with Crippen molar-refractivity contribution in [1.29, 1.82) is 0 Å². The van der Waals surface area contributed by atoms with E-state index in [9.17, 15) is 0 Å². The lowest BCUT2D eigenvalue weighted by Gasteiger charge is -2.32. The third-order valence-corrected chi connectivity index (χ3v) is 4.49. The molecule has 4 atom stereocenters. The molecule has 0 aromatic heterocycles. The van der Waals surface area contributed by atoms with Gasteiger partial charge in [-0.3, -0.25) is 0 Å². The molecule has 1 nitrogen and oxygen atoms in total. The Bertz CT molecular complexity index is 170. The number of rotatable bonds is 0. The fraction of sp³-hybridized carbons (Fsp3) is 1.00. The number of fused-ring (bicyclic) bond motifs is 3. The first kappa shape index (κ1) is 8.28. The molecule has 0 N–H and O–H groups in total. The van der Waals surface area contributed by atoms with Gasteiger partial charge in [0.2, 0.25) is 0 Å². The zero-order valence-corrected chi connectivity index (χ0v) is 8.37. The molecule has 0 aromatic rings. The summed E-state index contributed by atoms with van der Waals surface area (Å²) >= 11 is 0. The minimum Gasteiger partial charge on any atom is -0.378 e. The van der Waals surface area contributed by atoms with E-state index in [4.69, 9.17) is 4.74 Å². The standard InChI is InChI=1S/C12H20O/c1-2-6-11-9(4-1)8-10-5-3-7-13-12(10)11/h9-12H,1-8H2. The van der Waals surface area contributed by atoms with Gasteiger partial charge in [0.15, 0.2) is 0 Å². The highest BCUT2D eigenvalue weighted by Crippen LogP contribution is 2.49. The van der Waals surface area contributed by atoms with Crippen molar-refractivity contribution in [2.24, 2.45) is 17.8 Å². The van der Waals surface area contributed by atoms with E-state index in [0.717, 1.165) is 24.4 Å². The average Bonchev–Trinajstić information content (AvgIpc) is 2.56. The van der Waals surface area contributed by atoms with Crippen LogP contribution in [-0.4, -0.2) is 12.7 Å². The van der Waals surface area contributed by atoms with Gasteiger partial charge in [0.1, 0.15) is 0 Å². The van der Waals surface area contributed by atoms with Gasteiger partial charge < -0.3 is 4.74 Å². The van der Waals surface area contributed by atoms with Crippen LogP contribution in [0, 0.1) is 17.8 Å². The Labute approximate surface area is 80.8 Å². The van der Waals surface area contributed by atoms with Crippen LogP contribution in [0.25, 0.3) is 0 Å². The maximum atomic E-state index is 5.97. The number of hydrogen-bond donors (Lipinski definition) is 0. The van der Waals surface area contributed by atoms with Crippen molar-refractivity contribution in [3.8, 4) is 0 Å². The second-order valence-corrected chi connectivity index (χ2v) is 5.18. The van der Waals surface area contributed by atoms with Crippen molar-refractivity contribution in [1.82, 2.24) is 0 Å². The fourth-order valence-corrected chi connectivity index (χ4v) is 3.94. The van der Waals surface area contributed by atoms with Crippen molar-refractivity contribution in [2.75, 3.05) is 6.61 Å². The molecule has 74 valence electrons. The third kappa shape index (κ3) is 1.32. The number of ether oxygens (including phenoxy) is 1. The van der Waals surface area contributed by atoms with Gasteiger partial charge in [0.25, 0.3) is 0 Å². The Hall–Kier alpha value is -0.0400. The maximum Gasteiger partial charge on any atom is 0.0634 e. The molecule has 2 saturated carbocycles. The van der Waals surface area contributed by atoms with E-state index in [2.05, 4.69) is 0 Å². The monoisotopic (exact) mass is 180 g/mol.